The summed E-state index contributed by atoms with van der Waals surface area (Å²) in [5.74, 6) is 0.306. The molecule has 1 aliphatic carbocycles. The molecule has 5 rings (SSSR count). The Kier molecular flexibility index (Phi) is 5.34. The number of hydrogen-bond acceptors (Lipinski definition) is 3. The van der Waals surface area contributed by atoms with E-state index in [4.69, 9.17) is 4.99 Å². The summed E-state index contributed by atoms with van der Waals surface area (Å²) >= 11 is 0. The number of fused-ring (bicyclic) bond motifs is 1. The van der Waals surface area contributed by atoms with Crippen molar-refractivity contribution in [2.75, 3.05) is 6.54 Å². The zero-order chi connectivity index (χ0) is 21.4. The molecule has 1 N–H and O–H groups in total. The van der Waals surface area contributed by atoms with E-state index in [1.807, 2.05) is 42.2 Å². The lowest BCUT2D eigenvalue weighted by molar-refractivity contribution is -0.124. The van der Waals surface area contributed by atoms with E-state index in [1.165, 1.54) is 5.56 Å². The Bertz CT molecular complexity index is 999. The Labute approximate surface area is 183 Å². The van der Waals surface area contributed by atoms with Crippen LogP contribution in [0, 0.1) is 18.8 Å². The Hall–Kier alpha value is -2.95. The van der Waals surface area contributed by atoms with E-state index in [0.29, 0.717) is 12.1 Å². The van der Waals surface area contributed by atoms with Crippen molar-refractivity contribution in [1.29, 1.82) is 0 Å². The number of amides is 2. The van der Waals surface area contributed by atoms with E-state index in [-0.39, 0.29) is 35.9 Å². The first kappa shape index (κ1) is 20.0. The molecule has 4 unspecified atom stereocenters. The molecule has 4 atom stereocenters. The highest BCUT2D eigenvalue weighted by molar-refractivity contribution is 6.07. The number of likely N-dealkylation sites (tertiary alicyclic amines) is 1. The first-order valence-electron chi connectivity index (χ1n) is 11.4. The van der Waals surface area contributed by atoms with E-state index in [1.54, 1.807) is 0 Å². The van der Waals surface area contributed by atoms with E-state index < -0.39 is 0 Å². The number of hydrogen-bond donors (Lipinski definition) is 1. The SMILES string of the molecule is Cc1ccc(C(=O)N2CCC(Cc3ccccc3)C2C2N=C3CCCC3C(=O)N2)cc1. The summed E-state index contributed by atoms with van der Waals surface area (Å²) in [6.45, 7) is 2.71. The number of aryl methyl sites for hydroxylation is 1. The summed E-state index contributed by atoms with van der Waals surface area (Å²) < 4.78 is 0. The molecule has 5 heteroatoms. The molecule has 31 heavy (non-hydrogen) atoms. The average molecular weight is 416 g/mol. The van der Waals surface area contributed by atoms with Crippen LogP contribution < -0.4 is 5.32 Å². The van der Waals surface area contributed by atoms with Crippen LogP contribution in [0.5, 0.6) is 0 Å². The first-order chi connectivity index (χ1) is 15.1. The van der Waals surface area contributed by atoms with Crippen molar-refractivity contribution in [2.24, 2.45) is 16.8 Å². The van der Waals surface area contributed by atoms with Gasteiger partial charge in [0.15, 0.2) is 0 Å². The summed E-state index contributed by atoms with van der Waals surface area (Å²) in [7, 11) is 0. The fourth-order valence-corrected chi connectivity index (χ4v) is 5.43. The van der Waals surface area contributed by atoms with E-state index in [9.17, 15) is 9.59 Å². The fourth-order valence-electron chi connectivity index (χ4n) is 5.43. The second-order valence-corrected chi connectivity index (χ2v) is 9.11. The van der Waals surface area contributed by atoms with Crippen LogP contribution in [0.1, 0.15) is 47.2 Å². The largest absolute Gasteiger partial charge is 0.332 e. The van der Waals surface area contributed by atoms with Crippen LogP contribution in [0.15, 0.2) is 59.6 Å². The van der Waals surface area contributed by atoms with Gasteiger partial charge in [-0.05, 0) is 62.6 Å². The van der Waals surface area contributed by atoms with Crippen molar-refractivity contribution in [1.82, 2.24) is 10.2 Å². The molecule has 2 aromatic rings. The van der Waals surface area contributed by atoms with Crippen LogP contribution in [-0.2, 0) is 11.2 Å². The summed E-state index contributed by atoms with van der Waals surface area (Å²) in [6, 6.07) is 18.0. The number of nitrogens with zero attached hydrogens (tertiary/aromatic N) is 2. The maximum atomic E-state index is 13.5. The fraction of sp³-hybridized carbons (Fsp3) is 0.423. The minimum absolute atomic E-state index is 0.0311. The van der Waals surface area contributed by atoms with Crippen molar-refractivity contribution in [2.45, 2.75) is 51.2 Å². The van der Waals surface area contributed by atoms with Gasteiger partial charge in [0.25, 0.3) is 5.91 Å². The van der Waals surface area contributed by atoms with Crippen LogP contribution in [-0.4, -0.2) is 41.2 Å². The summed E-state index contributed by atoms with van der Waals surface area (Å²) in [6.07, 6.45) is 4.25. The smallest absolute Gasteiger partial charge is 0.254 e. The standard InChI is InChI=1S/C26H29N3O2/c1-17-10-12-19(13-11-17)26(31)29-15-14-20(16-18-6-3-2-4-7-18)23(29)24-27-22-9-5-8-21(22)25(30)28-24/h2-4,6-7,10-13,20-21,23-24H,5,8-9,14-16H2,1H3,(H,28,30). The van der Waals surface area contributed by atoms with Crippen LogP contribution in [0.25, 0.3) is 0 Å². The number of carbonyl (C=O) groups is 2. The molecule has 2 aromatic carbocycles. The summed E-state index contributed by atoms with van der Waals surface area (Å²) in [4.78, 5) is 33.2. The lowest BCUT2D eigenvalue weighted by Crippen LogP contribution is -2.56. The zero-order valence-electron chi connectivity index (χ0n) is 18.0. The molecule has 0 spiro atoms. The third-order valence-electron chi connectivity index (χ3n) is 7.05. The van der Waals surface area contributed by atoms with Gasteiger partial charge in [-0.25, -0.2) is 0 Å². The minimum Gasteiger partial charge on any atom is -0.332 e. The molecule has 2 fully saturated rings. The summed E-state index contributed by atoms with van der Waals surface area (Å²) in [5, 5.41) is 3.17. The minimum atomic E-state index is -0.359. The second kappa shape index (κ2) is 8.29. The molecule has 1 saturated carbocycles. The molecule has 2 amide bonds. The van der Waals surface area contributed by atoms with Gasteiger partial charge in [-0.3, -0.25) is 14.6 Å². The van der Waals surface area contributed by atoms with Crippen molar-refractivity contribution in [3.63, 3.8) is 0 Å². The van der Waals surface area contributed by atoms with Crippen molar-refractivity contribution < 1.29 is 9.59 Å². The predicted molar refractivity (Wildman–Crippen MR) is 121 cm³/mol. The van der Waals surface area contributed by atoms with Gasteiger partial charge in [-0.1, -0.05) is 48.0 Å². The van der Waals surface area contributed by atoms with Gasteiger partial charge in [0.2, 0.25) is 5.91 Å². The van der Waals surface area contributed by atoms with Crippen LogP contribution in [0.3, 0.4) is 0 Å². The molecule has 2 heterocycles. The lowest BCUT2D eigenvalue weighted by Gasteiger charge is -2.36. The maximum absolute atomic E-state index is 13.5. The number of benzene rings is 2. The highest BCUT2D eigenvalue weighted by atomic mass is 16.2. The third-order valence-corrected chi connectivity index (χ3v) is 7.05. The molecule has 2 aliphatic heterocycles. The van der Waals surface area contributed by atoms with Crippen molar-refractivity contribution in [3.8, 4) is 0 Å². The normalized spacial score (nSPS) is 27.6. The highest BCUT2D eigenvalue weighted by Gasteiger charge is 2.46. The Morgan fingerprint density at radius 3 is 2.65 bits per heavy atom. The number of carbonyl (C=O) groups excluding carboxylic acids is 2. The van der Waals surface area contributed by atoms with Gasteiger partial charge >= 0.3 is 0 Å². The summed E-state index contributed by atoms with van der Waals surface area (Å²) in [5.41, 5.74) is 4.12. The highest BCUT2D eigenvalue weighted by Crippen LogP contribution is 2.35. The Morgan fingerprint density at radius 2 is 1.87 bits per heavy atom. The molecule has 0 aromatic heterocycles. The van der Waals surface area contributed by atoms with Crippen LogP contribution >= 0.6 is 0 Å². The molecule has 0 radical (unpaired) electrons. The topological polar surface area (TPSA) is 61.8 Å². The van der Waals surface area contributed by atoms with Crippen LogP contribution in [0.2, 0.25) is 0 Å². The first-order valence-corrected chi connectivity index (χ1v) is 11.4. The van der Waals surface area contributed by atoms with Crippen molar-refractivity contribution in [3.05, 3.63) is 71.3 Å². The van der Waals surface area contributed by atoms with Gasteiger partial charge in [-0.2, -0.15) is 0 Å². The maximum Gasteiger partial charge on any atom is 0.254 e. The van der Waals surface area contributed by atoms with E-state index in [0.717, 1.165) is 43.4 Å². The van der Waals surface area contributed by atoms with Crippen LogP contribution in [0.4, 0.5) is 0 Å². The van der Waals surface area contributed by atoms with Gasteiger partial charge in [0, 0.05) is 17.8 Å². The van der Waals surface area contributed by atoms with Gasteiger partial charge in [0.05, 0.1) is 12.0 Å². The molecule has 0 bridgehead atoms. The number of nitrogens with one attached hydrogen (secondary N) is 1. The van der Waals surface area contributed by atoms with E-state index >= 15 is 0 Å². The Balaban J connectivity index is 1.47. The molecule has 160 valence electrons. The molecule has 5 nitrogen and oxygen atoms in total. The second-order valence-electron chi connectivity index (χ2n) is 9.11. The molecule has 1 saturated heterocycles. The Morgan fingerprint density at radius 1 is 1.10 bits per heavy atom. The molecule has 3 aliphatic rings. The molecular weight excluding hydrogens is 386 g/mol. The number of rotatable bonds is 4. The van der Waals surface area contributed by atoms with Crippen molar-refractivity contribution >= 4 is 17.5 Å². The molecular formula is C26H29N3O2. The lowest BCUT2D eigenvalue weighted by atomic mass is 9.89. The average Bonchev–Trinajstić information content (AvgIpc) is 3.42. The van der Waals surface area contributed by atoms with E-state index in [2.05, 4.69) is 29.6 Å². The van der Waals surface area contributed by atoms with Gasteiger partial charge in [-0.15, -0.1) is 0 Å². The van der Waals surface area contributed by atoms with Gasteiger partial charge in [0.1, 0.15) is 6.17 Å². The third kappa shape index (κ3) is 3.89. The quantitative estimate of drug-likeness (QED) is 0.826. The zero-order valence-corrected chi connectivity index (χ0v) is 18.0. The monoisotopic (exact) mass is 415 g/mol. The van der Waals surface area contributed by atoms with Gasteiger partial charge < -0.3 is 10.2 Å². The number of aliphatic imine (C=N–C) groups is 1. The predicted octanol–water partition coefficient (Wildman–Crippen LogP) is 3.77.